The Morgan fingerprint density at radius 1 is 1.35 bits per heavy atom. The van der Waals surface area contributed by atoms with E-state index >= 15 is 0 Å². The quantitative estimate of drug-likeness (QED) is 0.910. The van der Waals surface area contributed by atoms with Crippen LogP contribution in [-0.4, -0.2) is 17.2 Å². The van der Waals surface area contributed by atoms with Gasteiger partial charge in [0.25, 0.3) is 5.91 Å². The topological polar surface area (TPSA) is 64.4 Å². The van der Waals surface area contributed by atoms with Gasteiger partial charge in [-0.3, -0.25) is 4.79 Å². The fourth-order valence-corrected chi connectivity index (χ4v) is 1.74. The summed E-state index contributed by atoms with van der Waals surface area (Å²) >= 11 is 0. The summed E-state index contributed by atoms with van der Waals surface area (Å²) in [6.45, 7) is 5.66. The molecule has 5 heteroatoms. The van der Waals surface area contributed by atoms with Gasteiger partial charge in [0.1, 0.15) is 11.5 Å². The van der Waals surface area contributed by atoms with Crippen molar-refractivity contribution >= 4 is 11.7 Å². The summed E-state index contributed by atoms with van der Waals surface area (Å²) in [6, 6.07) is 9.26. The highest BCUT2D eigenvalue weighted by Crippen LogP contribution is 2.16. The van der Waals surface area contributed by atoms with E-state index in [0.29, 0.717) is 23.7 Å². The first kappa shape index (κ1) is 14.1. The Balaban J connectivity index is 2.00. The molecule has 0 saturated carbocycles. The minimum absolute atomic E-state index is 0.235. The number of nitrogens with one attached hydrogen (secondary N) is 1. The highest BCUT2D eigenvalue weighted by atomic mass is 16.5. The first-order chi connectivity index (χ1) is 9.58. The van der Waals surface area contributed by atoms with Gasteiger partial charge in [-0.2, -0.15) is 0 Å². The number of carbonyl (C=O) groups excluding carboxylic acids is 1. The molecule has 5 nitrogen and oxygen atoms in total. The van der Waals surface area contributed by atoms with E-state index in [1.807, 2.05) is 38.1 Å². The molecule has 0 fully saturated rings. The number of hydrogen-bond acceptors (Lipinski definition) is 4. The van der Waals surface area contributed by atoms with E-state index in [1.54, 1.807) is 13.0 Å². The molecule has 1 aromatic heterocycles. The first-order valence-electron chi connectivity index (χ1n) is 6.56. The fraction of sp³-hybridized carbons (Fsp3) is 0.333. The molecule has 0 aliphatic carbocycles. The standard InChI is InChI=1S/C15H18N2O3/c1-4-13(19-12-7-5-10(2)6-8-12)15(18)16-14-9-11(3)20-17-14/h5-9,13H,4H2,1-3H3,(H,16,17,18)/t13-/m1/s1. The predicted octanol–water partition coefficient (Wildman–Crippen LogP) is 3.09. The smallest absolute Gasteiger partial charge is 0.266 e. The number of ether oxygens (including phenoxy) is 1. The molecule has 1 N–H and O–H groups in total. The van der Waals surface area contributed by atoms with Gasteiger partial charge in [0.15, 0.2) is 11.9 Å². The number of benzene rings is 1. The maximum atomic E-state index is 12.1. The van der Waals surface area contributed by atoms with Crippen LogP contribution in [-0.2, 0) is 4.79 Å². The summed E-state index contributed by atoms with van der Waals surface area (Å²) in [6.07, 6.45) is 0.00556. The van der Waals surface area contributed by atoms with E-state index in [9.17, 15) is 4.79 Å². The summed E-state index contributed by atoms with van der Waals surface area (Å²) in [7, 11) is 0. The predicted molar refractivity (Wildman–Crippen MR) is 75.8 cm³/mol. The Bertz CT molecular complexity index is 575. The number of aromatic nitrogens is 1. The Morgan fingerprint density at radius 2 is 2.05 bits per heavy atom. The summed E-state index contributed by atoms with van der Waals surface area (Å²) in [5.74, 6) is 1.49. The van der Waals surface area contributed by atoms with Crippen LogP contribution in [0.15, 0.2) is 34.9 Å². The van der Waals surface area contributed by atoms with Crippen LogP contribution in [0, 0.1) is 13.8 Å². The van der Waals surface area contributed by atoms with Crippen LogP contribution in [0.5, 0.6) is 5.75 Å². The molecule has 1 amide bonds. The summed E-state index contributed by atoms with van der Waals surface area (Å²) < 4.78 is 10.6. The Morgan fingerprint density at radius 3 is 2.60 bits per heavy atom. The zero-order valence-electron chi connectivity index (χ0n) is 11.8. The number of anilines is 1. The van der Waals surface area contributed by atoms with E-state index in [4.69, 9.17) is 9.26 Å². The molecule has 0 radical (unpaired) electrons. The third-order valence-electron chi connectivity index (χ3n) is 2.84. The second kappa shape index (κ2) is 6.23. The Kier molecular flexibility index (Phi) is 4.40. The zero-order chi connectivity index (χ0) is 14.5. The van der Waals surface area contributed by atoms with Crippen molar-refractivity contribution in [2.75, 3.05) is 5.32 Å². The Labute approximate surface area is 117 Å². The molecule has 2 aromatic rings. The molecule has 1 heterocycles. The van der Waals surface area contributed by atoms with Crippen LogP contribution in [0.2, 0.25) is 0 Å². The second-order valence-electron chi connectivity index (χ2n) is 4.64. The van der Waals surface area contributed by atoms with Gasteiger partial charge in [0.05, 0.1) is 0 Å². The number of carbonyl (C=O) groups is 1. The van der Waals surface area contributed by atoms with E-state index in [-0.39, 0.29) is 5.91 Å². The van der Waals surface area contributed by atoms with Crippen molar-refractivity contribution in [1.29, 1.82) is 0 Å². The minimum Gasteiger partial charge on any atom is -0.481 e. The molecule has 0 saturated heterocycles. The summed E-state index contributed by atoms with van der Waals surface area (Å²) in [5, 5.41) is 6.41. The van der Waals surface area contributed by atoms with Crippen molar-refractivity contribution in [2.24, 2.45) is 0 Å². The molecular formula is C15H18N2O3. The lowest BCUT2D eigenvalue weighted by Gasteiger charge is -2.16. The van der Waals surface area contributed by atoms with Gasteiger partial charge in [-0.25, -0.2) is 0 Å². The monoisotopic (exact) mass is 274 g/mol. The average molecular weight is 274 g/mol. The maximum absolute atomic E-state index is 12.1. The highest BCUT2D eigenvalue weighted by molar-refractivity contribution is 5.93. The van der Waals surface area contributed by atoms with Gasteiger partial charge in [0.2, 0.25) is 0 Å². The molecule has 20 heavy (non-hydrogen) atoms. The van der Waals surface area contributed by atoms with Crippen molar-refractivity contribution in [1.82, 2.24) is 5.16 Å². The van der Waals surface area contributed by atoms with Gasteiger partial charge in [-0.15, -0.1) is 0 Å². The molecule has 1 aromatic carbocycles. The molecule has 2 rings (SSSR count). The lowest BCUT2D eigenvalue weighted by Crippen LogP contribution is -2.32. The van der Waals surface area contributed by atoms with Crippen LogP contribution in [0.1, 0.15) is 24.7 Å². The zero-order valence-corrected chi connectivity index (χ0v) is 11.8. The van der Waals surface area contributed by atoms with E-state index in [1.165, 1.54) is 0 Å². The number of hydrogen-bond donors (Lipinski definition) is 1. The molecule has 106 valence electrons. The molecule has 0 aliphatic rings. The first-order valence-corrected chi connectivity index (χ1v) is 6.56. The summed E-state index contributed by atoms with van der Waals surface area (Å²) in [4.78, 5) is 12.1. The van der Waals surface area contributed by atoms with Crippen molar-refractivity contribution < 1.29 is 14.1 Å². The molecule has 0 aliphatic heterocycles. The number of nitrogens with zero attached hydrogens (tertiary/aromatic N) is 1. The van der Waals surface area contributed by atoms with Gasteiger partial charge in [-0.1, -0.05) is 29.8 Å². The minimum atomic E-state index is -0.560. The molecule has 0 unspecified atom stereocenters. The van der Waals surface area contributed by atoms with E-state index < -0.39 is 6.10 Å². The van der Waals surface area contributed by atoms with Gasteiger partial charge >= 0.3 is 0 Å². The molecule has 0 spiro atoms. The average Bonchev–Trinajstić information content (AvgIpc) is 2.83. The molecule has 1 atom stereocenters. The van der Waals surface area contributed by atoms with Crippen LogP contribution in [0.25, 0.3) is 0 Å². The fourth-order valence-electron chi connectivity index (χ4n) is 1.74. The van der Waals surface area contributed by atoms with Gasteiger partial charge in [-0.05, 0) is 32.4 Å². The maximum Gasteiger partial charge on any atom is 0.266 e. The van der Waals surface area contributed by atoms with Crippen molar-refractivity contribution in [2.45, 2.75) is 33.3 Å². The van der Waals surface area contributed by atoms with E-state index in [2.05, 4.69) is 10.5 Å². The number of aryl methyl sites for hydroxylation is 2. The number of rotatable bonds is 5. The Hall–Kier alpha value is -2.30. The van der Waals surface area contributed by atoms with Crippen molar-refractivity contribution in [3.8, 4) is 5.75 Å². The summed E-state index contributed by atoms with van der Waals surface area (Å²) in [5.41, 5.74) is 1.15. The van der Waals surface area contributed by atoms with Crippen LogP contribution >= 0.6 is 0 Å². The highest BCUT2D eigenvalue weighted by Gasteiger charge is 2.19. The van der Waals surface area contributed by atoms with Gasteiger partial charge in [0, 0.05) is 6.07 Å². The largest absolute Gasteiger partial charge is 0.481 e. The van der Waals surface area contributed by atoms with Crippen molar-refractivity contribution in [3.63, 3.8) is 0 Å². The van der Waals surface area contributed by atoms with E-state index in [0.717, 1.165) is 5.56 Å². The normalized spacial score (nSPS) is 11.9. The van der Waals surface area contributed by atoms with Crippen LogP contribution in [0.3, 0.4) is 0 Å². The lowest BCUT2D eigenvalue weighted by molar-refractivity contribution is -0.122. The third kappa shape index (κ3) is 3.60. The SMILES string of the molecule is CC[C@@H](Oc1ccc(C)cc1)C(=O)Nc1cc(C)on1. The van der Waals surface area contributed by atoms with Gasteiger partial charge < -0.3 is 14.6 Å². The lowest BCUT2D eigenvalue weighted by atomic mass is 10.2. The molecular weight excluding hydrogens is 256 g/mol. The second-order valence-corrected chi connectivity index (χ2v) is 4.64. The van der Waals surface area contributed by atoms with Crippen LogP contribution in [0.4, 0.5) is 5.82 Å². The molecule has 0 bridgehead atoms. The van der Waals surface area contributed by atoms with Crippen LogP contribution < -0.4 is 10.1 Å². The number of amides is 1. The van der Waals surface area contributed by atoms with Crippen molar-refractivity contribution in [3.05, 3.63) is 41.7 Å². The third-order valence-corrected chi connectivity index (χ3v) is 2.84.